The summed E-state index contributed by atoms with van der Waals surface area (Å²) in [6.45, 7) is -7.23. The van der Waals surface area contributed by atoms with Gasteiger partial charge >= 0.3 is 0 Å². The molecule has 0 heterocycles. The van der Waals surface area contributed by atoms with Gasteiger partial charge in [-0.25, -0.2) is 0 Å². The zero-order chi connectivity index (χ0) is 52.0. The van der Waals surface area contributed by atoms with Crippen LogP contribution < -0.4 is 0 Å². The van der Waals surface area contributed by atoms with Crippen LogP contribution in [-0.2, 0) is 17.5 Å². The molecule has 0 aliphatic rings. The first-order chi connectivity index (χ1) is 28.6. The molecule has 0 saturated carbocycles. The van der Waals surface area contributed by atoms with Gasteiger partial charge in [-0.1, -0.05) is 134 Å². The van der Waals surface area contributed by atoms with Crippen molar-refractivity contribution in [3.8, 4) is 0 Å². The van der Waals surface area contributed by atoms with E-state index in [0.717, 1.165) is 24.3 Å². The molecule has 5 heteroatoms. The third-order valence-electron chi connectivity index (χ3n) is 3.69. The molecule has 37 heavy (non-hydrogen) atoms. The van der Waals surface area contributed by atoms with Crippen LogP contribution in [0.1, 0.15) is 126 Å². The van der Waals surface area contributed by atoms with Gasteiger partial charge in [0.1, 0.15) is 0 Å². The Hall–Kier alpha value is -0.200. The van der Waals surface area contributed by atoms with Crippen molar-refractivity contribution in [2.75, 3.05) is 35.6 Å². The van der Waals surface area contributed by atoms with Crippen molar-refractivity contribution in [3.63, 3.8) is 0 Å². The zero-order valence-corrected chi connectivity index (χ0v) is 24.9. The van der Waals surface area contributed by atoms with E-state index in [1.54, 1.807) is 0 Å². The molecule has 0 aliphatic heterocycles. The summed E-state index contributed by atoms with van der Waals surface area (Å²) in [5.74, 6) is 0. The molecule has 0 radical (unpaired) electrons. The predicted octanol–water partition coefficient (Wildman–Crippen LogP) is 10.3. The lowest BCUT2D eigenvalue weighted by atomic mass is 10.1. The molecule has 0 unspecified atom stereocenters. The molecule has 1 N–H and O–H groups in total. The fourth-order valence-corrected chi connectivity index (χ4v) is 2.86. The Morgan fingerprint density at radius 3 is 1.49 bits per heavy atom. The molecular weight excluding hydrogens is 656 g/mol. The van der Waals surface area contributed by atoms with Crippen LogP contribution in [0.25, 0.3) is 0 Å². The lowest BCUT2D eigenvalue weighted by Crippen LogP contribution is -1.98. The number of unbranched alkanes of at least 4 members (excludes halogenated alkanes) is 3. The number of hydrogen-bond acceptors (Lipinski definition) is 2. The van der Waals surface area contributed by atoms with E-state index in [0.29, 0.717) is 38.5 Å². The number of ether oxygens (including phenoxy) is 1. The second kappa shape index (κ2) is 32.0. The molecule has 0 atom stereocenters. The van der Waals surface area contributed by atoms with Crippen molar-refractivity contribution in [2.45, 2.75) is 89.6 Å². The van der Waals surface area contributed by atoms with Gasteiger partial charge in [0.05, 0.1) is 13.7 Å². The zero-order valence-electron chi connectivity index (χ0n) is 48.2. The Bertz CT molecular complexity index is 1770. The van der Waals surface area contributed by atoms with E-state index in [1.165, 1.54) is 0 Å². The van der Waals surface area contributed by atoms with Crippen LogP contribution in [0.15, 0.2) is 60.5 Å². The van der Waals surface area contributed by atoms with Gasteiger partial charge in [-0.2, -0.15) is 0 Å². The molecule has 0 fully saturated rings. The van der Waals surface area contributed by atoms with Gasteiger partial charge in [0.2, 0.25) is 0 Å². The Kier molecular flexibility index (Phi) is 10.0. The van der Waals surface area contributed by atoms with Gasteiger partial charge in [-0.05, 0) is 75.0 Å². The Labute approximate surface area is 293 Å². The molecule has 0 aromatic heterocycles. The van der Waals surface area contributed by atoms with E-state index < -0.39 is 102 Å². The second-order valence-corrected chi connectivity index (χ2v) is 8.15. The molecule has 2 aromatic rings. The molecule has 2 nitrogen and oxygen atoms in total. The predicted molar refractivity (Wildman–Crippen MR) is 175 cm³/mol. The highest BCUT2D eigenvalue weighted by molar-refractivity contribution is 9.09. The van der Waals surface area contributed by atoms with Gasteiger partial charge in [0.25, 0.3) is 0 Å². The average Bonchev–Trinajstić information content (AvgIpc) is 3.05. The molecular formula is C32H51Br3O2. The first-order valence-electron chi connectivity index (χ1n) is 25.2. The maximum atomic E-state index is 9.20. The van der Waals surface area contributed by atoms with Gasteiger partial charge in [0.15, 0.2) is 0 Å². The van der Waals surface area contributed by atoms with Crippen molar-refractivity contribution < 1.29 is 48.2 Å². The van der Waals surface area contributed by atoms with Crippen LogP contribution in [-0.4, -0.2) is 40.7 Å². The molecule has 0 spiro atoms. The highest BCUT2D eigenvalue weighted by Gasteiger charge is 1.94. The van der Waals surface area contributed by atoms with Crippen LogP contribution in [0.3, 0.4) is 0 Å². The summed E-state index contributed by atoms with van der Waals surface area (Å²) < 4.78 is 218. The minimum atomic E-state index is -3.69. The van der Waals surface area contributed by atoms with Crippen molar-refractivity contribution >= 4 is 47.8 Å². The fraction of sp³-hybridized carbons (Fsp3) is 0.625. The summed E-state index contributed by atoms with van der Waals surface area (Å²) >= 11 is 8.63. The molecule has 0 bridgehead atoms. The summed E-state index contributed by atoms with van der Waals surface area (Å²) in [6, 6.07) is 0.330. The molecule has 2 aromatic carbocycles. The Balaban J connectivity index is 0.00000104. The highest BCUT2D eigenvalue weighted by Crippen LogP contribution is 2.06. The SMILES string of the molecule is [2H]C([2H])(Br)CCCCC([2H])([2H])Br.[2H]c1cc([2H])c(C([2H])([2H])C([2H])([2H])C([2H])([2H])C([2H])([2H])O)c([2H])c1.[2H]c1cc([2H])c(C([2H])([2H])C([2H])([2H])C([2H])([2H])C([2H])([2H])OCCCCCC([2H])([2H])Br)c([2H])c1. The summed E-state index contributed by atoms with van der Waals surface area (Å²) in [5.41, 5.74) is -1.60. The molecule has 0 saturated heterocycles. The summed E-state index contributed by atoms with van der Waals surface area (Å²) in [5, 5.41) is 5.08. The lowest BCUT2D eigenvalue weighted by Gasteiger charge is -2.04. The number of rotatable bonds is 20. The Morgan fingerprint density at radius 2 is 1.05 bits per heavy atom. The molecule has 212 valence electrons. The van der Waals surface area contributed by atoms with Crippen molar-refractivity contribution in [2.24, 2.45) is 0 Å². The van der Waals surface area contributed by atoms with Crippen molar-refractivity contribution in [3.05, 3.63) is 71.6 Å². The van der Waals surface area contributed by atoms with Gasteiger partial charge in [-0.15, -0.1) is 0 Å². The average molecular weight is 736 g/mol. The lowest BCUT2D eigenvalue weighted by molar-refractivity contribution is 0.126. The topological polar surface area (TPSA) is 29.5 Å². The van der Waals surface area contributed by atoms with Gasteiger partial charge < -0.3 is 9.84 Å². The largest absolute Gasteiger partial charge is 0.396 e. The summed E-state index contributed by atoms with van der Waals surface area (Å²) in [6.07, 6.45) is -17.3. The standard InChI is InChI=1S/C16H25BrO.C10H14O.C6H12Br2/c17-13-7-1-2-8-14-18-15-9-6-12-16-10-4-3-5-11-16;11-9-5-4-8-10-6-2-1-3-7-10;7-5-3-1-2-4-6-8/h3-5,10-11H,1-2,6-9,12-15H2;1-3,6-7,11H,4-5,8-9H2;1-6H2/i3D,6D2,9D2,10D,11D,12D2,13D2,15D2;1D,4D2,5D2,6D,7D,8D2,9D2;5D2,6D2. The fourth-order valence-electron chi connectivity index (χ4n) is 2.02. The number of benzene rings is 2. The maximum absolute atomic E-state index is 9.20. The maximum Gasteiger partial charge on any atom is 0.0626 e. The number of halogens is 3. The first kappa shape index (κ1) is 11.6. The van der Waals surface area contributed by atoms with Gasteiger partial charge in [0, 0.05) is 60.2 Å². The van der Waals surface area contributed by atoms with Crippen molar-refractivity contribution in [1.82, 2.24) is 0 Å². The number of aliphatic hydroxyl groups is 1. The smallest absolute Gasteiger partial charge is 0.0626 e. The van der Waals surface area contributed by atoms with E-state index in [4.69, 9.17) is 43.1 Å². The van der Waals surface area contributed by atoms with Crippen LogP contribution in [0.5, 0.6) is 0 Å². The van der Waals surface area contributed by atoms with E-state index in [1.807, 2.05) is 0 Å². The van der Waals surface area contributed by atoms with E-state index in [2.05, 4.69) is 47.8 Å². The third kappa shape index (κ3) is 28.6. The van der Waals surface area contributed by atoms with Crippen LogP contribution >= 0.6 is 47.8 Å². The normalized spacial score (nSPS) is 25.6. The number of hydrogen-bond donors (Lipinski definition) is 1. The summed E-state index contributed by atoms with van der Waals surface area (Å²) in [7, 11) is 0. The van der Waals surface area contributed by atoms with Gasteiger partial charge in [-0.3, -0.25) is 0 Å². The minimum Gasteiger partial charge on any atom is -0.396 e. The Morgan fingerprint density at radius 1 is 0.622 bits per heavy atom. The van der Waals surface area contributed by atoms with E-state index in [9.17, 15) is 5.11 Å². The van der Waals surface area contributed by atoms with E-state index in [-0.39, 0.29) is 31.5 Å². The molecule has 2 rings (SSSR count). The number of alkyl halides is 3. The monoisotopic (exact) mass is 732 g/mol. The molecule has 0 aliphatic carbocycles. The van der Waals surface area contributed by atoms with Crippen LogP contribution in [0, 0.1) is 0 Å². The summed E-state index contributed by atoms with van der Waals surface area (Å²) in [4.78, 5) is 0. The van der Waals surface area contributed by atoms with E-state index >= 15 is 0 Å². The minimum absolute atomic E-state index is 0.214. The van der Waals surface area contributed by atoms with Crippen molar-refractivity contribution in [1.29, 1.82) is 0 Å². The molecule has 0 amide bonds. The van der Waals surface area contributed by atoms with Crippen LogP contribution in [0.4, 0.5) is 0 Å². The highest BCUT2D eigenvalue weighted by atomic mass is 79.9. The third-order valence-corrected chi connectivity index (χ3v) is 4.88. The van der Waals surface area contributed by atoms with Crippen LogP contribution in [0.2, 0.25) is 0 Å². The quantitative estimate of drug-likeness (QED) is 0.108. The first-order valence-corrected chi connectivity index (χ1v) is 13.5. The second-order valence-electron chi connectivity index (χ2n) is 6.47.